The van der Waals surface area contributed by atoms with E-state index in [1.807, 2.05) is 16.9 Å². The number of fused-ring (bicyclic) bond motifs is 1. The van der Waals surface area contributed by atoms with Crippen LogP contribution in [0.5, 0.6) is 0 Å². The van der Waals surface area contributed by atoms with Crippen molar-refractivity contribution in [1.82, 2.24) is 9.78 Å². The van der Waals surface area contributed by atoms with Crippen molar-refractivity contribution in [3.05, 3.63) is 41.4 Å². The summed E-state index contributed by atoms with van der Waals surface area (Å²) < 4.78 is 3.22. The van der Waals surface area contributed by atoms with Crippen molar-refractivity contribution in [3.8, 4) is 11.3 Å². The van der Waals surface area contributed by atoms with Crippen LogP contribution < -0.4 is 0 Å². The molecule has 0 amide bonds. The van der Waals surface area contributed by atoms with Gasteiger partial charge in [0, 0.05) is 16.5 Å². The Morgan fingerprint density at radius 3 is 2.90 bits per heavy atom. The Bertz CT molecular complexity index is 796. The minimum Gasteiger partial charge on any atom is -0.298 e. The molecule has 0 spiro atoms. The maximum atomic E-state index is 11.5. The minimum atomic E-state index is 0.458. The molecule has 0 atom stereocenters. The molecule has 3 nitrogen and oxygen atoms in total. The van der Waals surface area contributed by atoms with Crippen LogP contribution in [-0.2, 0) is 0 Å². The Kier molecular flexibility index (Phi) is 3.11. The molecule has 1 fully saturated rings. The summed E-state index contributed by atoms with van der Waals surface area (Å²) in [5.74, 6) is 0. The molecule has 0 unspecified atom stereocenters. The number of nitrogens with zero attached hydrogens (tertiary/aromatic N) is 2. The molecule has 21 heavy (non-hydrogen) atoms. The normalized spacial score (nSPS) is 15.8. The van der Waals surface area contributed by atoms with Gasteiger partial charge in [-0.3, -0.25) is 9.48 Å². The third-order valence-corrected chi connectivity index (χ3v) is 5.28. The van der Waals surface area contributed by atoms with E-state index in [4.69, 9.17) is 5.10 Å². The van der Waals surface area contributed by atoms with Gasteiger partial charge in [0.2, 0.25) is 0 Å². The maximum Gasteiger partial charge on any atom is 0.153 e. The fourth-order valence-electron chi connectivity index (χ4n) is 3.24. The maximum absolute atomic E-state index is 11.5. The van der Waals surface area contributed by atoms with Crippen LogP contribution in [0, 0.1) is 0 Å². The van der Waals surface area contributed by atoms with Crippen LogP contribution in [0.4, 0.5) is 0 Å². The van der Waals surface area contributed by atoms with Gasteiger partial charge in [-0.15, -0.1) is 11.3 Å². The molecule has 1 saturated carbocycles. The van der Waals surface area contributed by atoms with E-state index in [2.05, 4.69) is 23.6 Å². The van der Waals surface area contributed by atoms with Gasteiger partial charge in [0.25, 0.3) is 0 Å². The van der Waals surface area contributed by atoms with E-state index in [1.54, 1.807) is 11.3 Å². The standard InChI is InChI=1S/C17H16N2OS/c20-11-13-10-19(14-5-1-2-6-14)18-16(13)15-7-3-4-12-8-9-21-17(12)15/h3-4,7-11,14H,1-2,5-6H2. The highest BCUT2D eigenvalue weighted by Gasteiger charge is 2.21. The highest BCUT2D eigenvalue weighted by molar-refractivity contribution is 7.17. The van der Waals surface area contributed by atoms with E-state index >= 15 is 0 Å². The Labute approximate surface area is 127 Å². The van der Waals surface area contributed by atoms with Crippen molar-refractivity contribution in [2.45, 2.75) is 31.7 Å². The topological polar surface area (TPSA) is 34.9 Å². The number of carbonyl (C=O) groups is 1. The summed E-state index contributed by atoms with van der Waals surface area (Å²) in [6.45, 7) is 0. The molecule has 0 aliphatic heterocycles. The molecule has 106 valence electrons. The highest BCUT2D eigenvalue weighted by atomic mass is 32.1. The summed E-state index contributed by atoms with van der Waals surface area (Å²) in [5.41, 5.74) is 2.59. The first-order chi connectivity index (χ1) is 10.4. The molecular weight excluding hydrogens is 280 g/mol. The van der Waals surface area contributed by atoms with Crippen LogP contribution in [0.3, 0.4) is 0 Å². The average molecular weight is 296 g/mol. The number of thiophene rings is 1. The van der Waals surface area contributed by atoms with Crippen molar-refractivity contribution in [3.63, 3.8) is 0 Å². The Morgan fingerprint density at radius 2 is 2.10 bits per heavy atom. The molecule has 4 heteroatoms. The van der Waals surface area contributed by atoms with E-state index in [-0.39, 0.29) is 0 Å². The van der Waals surface area contributed by atoms with Gasteiger partial charge in [0.05, 0.1) is 11.6 Å². The SMILES string of the molecule is O=Cc1cn(C2CCCC2)nc1-c1cccc2ccsc12. The zero-order valence-electron chi connectivity index (χ0n) is 11.7. The van der Waals surface area contributed by atoms with Crippen LogP contribution >= 0.6 is 11.3 Å². The quantitative estimate of drug-likeness (QED) is 0.657. The molecule has 1 aromatic carbocycles. The van der Waals surface area contributed by atoms with Crippen LogP contribution in [0.2, 0.25) is 0 Å². The van der Waals surface area contributed by atoms with Crippen molar-refractivity contribution in [1.29, 1.82) is 0 Å². The first kappa shape index (κ1) is 12.8. The smallest absolute Gasteiger partial charge is 0.153 e. The van der Waals surface area contributed by atoms with Gasteiger partial charge in [-0.05, 0) is 29.7 Å². The lowest BCUT2D eigenvalue weighted by Gasteiger charge is -2.08. The summed E-state index contributed by atoms with van der Waals surface area (Å²) in [6.07, 6.45) is 7.71. The van der Waals surface area contributed by atoms with Crippen LogP contribution in [0.15, 0.2) is 35.8 Å². The number of benzene rings is 1. The van der Waals surface area contributed by atoms with E-state index in [9.17, 15) is 4.79 Å². The number of aromatic nitrogens is 2. The number of carbonyl (C=O) groups excluding carboxylic acids is 1. The van der Waals surface area contributed by atoms with Crippen LogP contribution in [0.25, 0.3) is 21.3 Å². The second kappa shape index (κ2) is 5.11. The summed E-state index contributed by atoms with van der Waals surface area (Å²) in [4.78, 5) is 11.5. The molecule has 2 aromatic heterocycles. The molecule has 3 aromatic rings. The van der Waals surface area contributed by atoms with Gasteiger partial charge in [0.15, 0.2) is 6.29 Å². The predicted octanol–water partition coefficient (Wildman–Crippen LogP) is 4.69. The Hall–Kier alpha value is -1.94. The number of hydrogen-bond donors (Lipinski definition) is 0. The average Bonchev–Trinajstić information content (AvgIpc) is 3.24. The Balaban J connectivity index is 1.87. The van der Waals surface area contributed by atoms with E-state index in [1.165, 1.54) is 35.8 Å². The molecule has 2 heterocycles. The first-order valence-electron chi connectivity index (χ1n) is 7.38. The first-order valence-corrected chi connectivity index (χ1v) is 8.26. The summed E-state index contributed by atoms with van der Waals surface area (Å²) in [6, 6.07) is 8.77. The van der Waals surface area contributed by atoms with Gasteiger partial charge in [-0.1, -0.05) is 31.0 Å². The van der Waals surface area contributed by atoms with Gasteiger partial charge >= 0.3 is 0 Å². The largest absolute Gasteiger partial charge is 0.298 e. The lowest BCUT2D eigenvalue weighted by atomic mass is 10.1. The van der Waals surface area contributed by atoms with E-state index < -0.39 is 0 Å². The van der Waals surface area contributed by atoms with Gasteiger partial charge in [-0.25, -0.2) is 0 Å². The zero-order chi connectivity index (χ0) is 14.2. The van der Waals surface area contributed by atoms with Gasteiger partial charge in [-0.2, -0.15) is 5.10 Å². The molecule has 0 radical (unpaired) electrons. The van der Waals surface area contributed by atoms with Gasteiger partial charge in [0.1, 0.15) is 5.69 Å². The predicted molar refractivity (Wildman–Crippen MR) is 85.9 cm³/mol. The van der Waals surface area contributed by atoms with Gasteiger partial charge < -0.3 is 0 Å². The lowest BCUT2D eigenvalue weighted by Crippen LogP contribution is -2.04. The molecule has 1 aliphatic carbocycles. The molecule has 1 aliphatic rings. The molecular formula is C17H16N2OS. The summed E-state index contributed by atoms with van der Waals surface area (Å²) in [7, 11) is 0. The Morgan fingerprint density at radius 1 is 1.24 bits per heavy atom. The van der Waals surface area contributed by atoms with E-state index in [0.717, 1.165) is 17.5 Å². The number of rotatable bonds is 3. The van der Waals surface area contributed by atoms with Crippen molar-refractivity contribution in [2.24, 2.45) is 0 Å². The van der Waals surface area contributed by atoms with E-state index in [0.29, 0.717) is 11.6 Å². The van der Waals surface area contributed by atoms with Crippen molar-refractivity contribution in [2.75, 3.05) is 0 Å². The molecule has 4 rings (SSSR count). The minimum absolute atomic E-state index is 0.458. The molecule has 0 bridgehead atoms. The van der Waals surface area contributed by atoms with Crippen molar-refractivity contribution < 1.29 is 4.79 Å². The third kappa shape index (κ3) is 2.10. The second-order valence-electron chi connectivity index (χ2n) is 5.61. The molecule has 0 saturated heterocycles. The number of aldehydes is 1. The van der Waals surface area contributed by atoms with Crippen LogP contribution in [0.1, 0.15) is 42.1 Å². The summed E-state index contributed by atoms with van der Waals surface area (Å²) in [5, 5.41) is 8.05. The molecule has 0 N–H and O–H groups in total. The summed E-state index contributed by atoms with van der Waals surface area (Å²) >= 11 is 1.70. The lowest BCUT2D eigenvalue weighted by molar-refractivity contribution is 0.112. The van der Waals surface area contributed by atoms with Crippen molar-refractivity contribution >= 4 is 27.7 Å². The monoisotopic (exact) mass is 296 g/mol. The number of hydrogen-bond acceptors (Lipinski definition) is 3. The highest BCUT2D eigenvalue weighted by Crippen LogP contribution is 2.35. The fraction of sp³-hybridized carbons (Fsp3) is 0.294. The van der Waals surface area contributed by atoms with Crippen LogP contribution in [-0.4, -0.2) is 16.1 Å². The zero-order valence-corrected chi connectivity index (χ0v) is 12.5. The fourth-order valence-corrected chi connectivity index (χ4v) is 4.15. The third-order valence-electron chi connectivity index (χ3n) is 4.32. The second-order valence-corrected chi connectivity index (χ2v) is 6.53.